The van der Waals surface area contributed by atoms with Crippen LogP contribution in [0, 0.1) is 0 Å². The Kier molecular flexibility index (Phi) is 6.64. The van der Waals surface area contributed by atoms with Gasteiger partial charge in [-0.15, -0.1) is 11.3 Å². The zero-order valence-corrected chi connectivity index (χ0v) is 27.6. The van der Waals surface area contributed by atoms with Crippen molar-refractivity contribution in [3.8, 4) is 56.4 Å². The van der Waals surface area contributed by atoms with Crippen molar-refractivity contribution in [2.75, 3.05) is 0 Å². The van der Waals surface area contributed by atoms with Crippen molar-refractivity contribution in [3.05, 3.63) is 164 Å². The average molecular weight is 658 g/mol. The second-order valence-corrected chi connectivity index (χ2v) is 13.5. The van der Waals surface area contributed by atoms with Crippen molar-refractivity contribution in [2.45, 2.75) is 0 Å². The smallest absolute Gasteiger partial charge is 0.167 e. The molecule has 50 heavy (non-hydrogen) atoms. The van der Waals surface area contributed by atoms with E-state index in [0.29, 0.717) is 17.5 Å². The first-order chi connectivity index (χ1) is 24.8. The Hall–Kier alpha value is -6.43. The van der Waals surface area contributed by atoms with Crippen molar-refractivity contribution in [1.29, 1.82) is 0 Å². The Labute approximate surface area is 292 Å². The predicted octanol–water partition coefficient (Wildman–Crippen LogP) is 12.5. The number of aromatic nitrogens is 3. The Morgan fingerprint density at radius 1 is 0.380 bits per heavy atom. The lowest BCUT2D eigenvalue weighted by Crippen LogP contribution is -2.00. The SMILES string of the molecule is c1ccc(-c2ccc(-c3nc(-c4ccccc4)nc(-c4ccc(-c5ccc6sc7ccccc7c6c5)c5c4oc4ccccc45)n3)cc2)cc1. The van der Waals surface area contributed by atoms with Gasteiger partial charge >= 0.3 is 0 Å². The minimum absolute atomic E-state index is 0.566. The number of furan rings is 1. The van der Waals surface area contributed by atoms with Crippen molar-refractivity contribution >= 4 is 53.4 Å². The third-order valence-electron chi connectivity index (χ3n) is 9.37. The van der Waals surface area contributed by atoms with E-state index in [9.17, 15) is 0 Å². The van der Waals surface area contributed by atoms with E-state index in [4.69, 9.17) is 19.4 Å². The van der Waals surface area contributed by atoms with E-state index < -0.39 is 0 Å². The summed E-state index contributed by atoms with van der Waals surface area (Å²) in [6, 6.07) is 56.8. The first-order valence-corrected chi connectivity index (χ1v) is 17.4. The lowest BCUT2D eigenvalue weighted by molar-refractivity contribution is 0.669. The highest BCUT2D eigenvalue weighted by atomic mass is 32.1. The summed E-state index contributed by atoms with van der Waals surface area (Å²) in [6.45, 7) is 0. The van der Waals surface area contributed by atoms with Gasteiger partial charge in [0.15, 0.2) is 17.5 Å². The van der Waals surface area contributed by atoms with Crippen LogP contribution in [-0.2, 0) is 0 Å². The zero-order chi connectivity index (χ0) is 33.0. The summed E-state index contributed by atoms with van der Waals surface area (Å²) >= 11 is 1.83. The van der Waals surface area contributed by atoms with Crippen LogP contribution < -0.4 is 0 Å². The number of nitrogens with zero attached hydrogens (tertiary/aromatic N) is 3. The lowest BCUT2D eigenvalue weighted by atomic mass is 9.96. The third kappa shape index (κ3) is 4.79. The molecule has 0 amide bonds. The van der Waals surface area contributed by atoms with Gasteiger partial charge in [0.2, 0.25) is 0 Å². The number of hydrogen-bond donors (Lipinski definition) is 0. The minimum atomic E-state index is 0.566. The molecule has 0 unspecified atom stereocenters. The molecule has 0 aliphatic carbocycles. The van der Waals surface area contributed by atoms with Crippen molar-refractivity contribution < 1.29 is 4.42 Å². The van der Waals surface area contributed by atoms with Crippen LogP contribution in [0.25, 0.3) is 98.5 Å². The fraction of sp³-hybridized carbons (Fsp3) is 0. The molecule has 234 valence electrons. The topological polar surface area (TPSA) is 51.8 Å². The zero-order valence-electron chi connectivity index (χ0n) is 26.7. The number of para-hydroxylation sites is 1. The van der Waals surface area contributed by atoms with E-state index in [2.05, 4.69) is 115 Å². The van der Waals surface area contributed by atoms with Crippen LogP contribution in [0.4, 0.5) is 0 Å². The molecule has 3 heterocycles. The van der Waals surface area contributed by atoms with Gasteiger partial charge in [-0.05, 0) is 52.6 Å². The van der Waals surface area contributed by atoms with Gasteiger partial charge in [0.05, 0.1) is 5.56 Å². The molecule has 0 N–H and O–H groups in total. The van der Waals surface area contributed by atoms with Gasteiger partial charge in [-0.25, -0.2) is 15.0 Å². The molecular weight excluding hydrogens is 631 g/mol. The summed E-state index contributed by atoms with van der Waals surface area (Å²) < 4.78 is 9.28. The second-order valence-electron chi connectivity index (χ2n) is 12.4. The van der Waals surface area contributed by atoms with Crippen LogP contribution >= 0.6 is 11.3 Å². The molecule has 0 atom stereocenters. The lowest BCUT2D eigenvalue weighted by Gasteiger charge is -2.11. The van der Waals surface area contributed by atoms with Crippen LogP contribution in [-0.4, -0.2) is 15.0 Å². The van der Waals surface area contributed by atoms with Crippen LogP contribution in [0.2, 0.25) is 0 Å². The van der Waals surface area contributed by atoms with Gasteiger partial charge in [-0.2, -0.15) is 0 Å². The highest BCUT2D eigenvalue weighted by Crippen LogP contribution is 2.43. The van der Waals surface area contributed by atoms with Gasteiger partial charge in [-0.3, -0.25) is 0 Å². The number of rotatable bonds is 5. The highest BCUT2D eigenvalue weighted by molar-refractivity contribution is 7.25. The van der Waals surface area contributed by atoms with Gasteiger partial charge < -0.3 is 4.42 Å². The van der Waals surface area contributed by atoms with Crippen LogP contribution in [0.5, 0.6) is 0 Å². The molecule has 7 aromatic carbocycles. The quantitative estimate of drug-likeness (QED) is 0.185. The molecule has 5 heteroatoms. The summed E-state index contributed by atoms with van der Waals surface area (Å²) in [5, 5.41) is 4.65. The fourth-order valence-corrected chi connectivity index (χ4v) is 8.01. The van der Waals surface area contributed by atoms with E-state index in [0.717, 1.165) is 55.3 Å². The Bertz CT molecular complexity index is 2860. The van der Waals surface area contributed by atoms with Gasteiger partial charge in [0.25, 0.3) is 0 Å². The van der Waals surface area contributed by atoms with Crippen molar-refractivity contribution in [3.63, 3.8) is 0 Å². The highest BCUT2D eigenvalue weighted by Gasteiger charge is 2.21. The maximum atomic E-state index is 6.70. The molecule has 3 aromatic heterocycles. The summed E-state index contributed by atoms with van der Waals surface area (Å²) in [6.07, 6.45) is 0. The Morgan fingerprint density at radius 2 is 0.920 bits per heavy atom. The molecule has 10 aromatic rings. The van der Waals surface area contributed by atoms with Crippen LogP contribution in [0.3, 0.4) is 0 Å². The summed E-state index contributed by atoms with van der Waals surface area (Å²) in [5.41, 5.74) is 8.81. The standard InChI is InChI=1S/C45H27N3OS/c1-3-11-28(12-4-1)29-19-21-31(22-20-29)44-46-43(30-13-5-2-6-14-30)47-45(48-44)36-25-24-33(41-35-16-7-9-17-38(35)49-42(36)41)32-23-26-40-37(27-32)34-15-8-10-18-39(34)50-40/h1-27H. The molecular formula is C45H27N3OS. The van der Waals surface area contributed by atoms with Crippen LogP contribution in [0.15, 0.2) is 168 Å². The molecule has 0 fully saturated rings. The maximum Gasteiger partial charge on any atom is 0.167 e. The molecule has 0 spiro atoms. The summed E-state index contributed by atoms with van der Waals surface area (Å²) in [7, 11) is 0. The van der Waals surface area contributed by atoms with Gasteiger partial charge in [-0.1, -0.05) is 133 Å². The number of fused-ring (bicyclic) bond motifs is 6. The number of hydrogen-bond acceptors (Lipinski definition) is 5. The second kappa shape index (κ2) is 11.6. The van der Waals surface area contributed by atoms with Gasteiger partial charge in [0, 0.05) is 42.1 Å². The first kappa shape index (κ1) is 28.6. The number of benzene rings is 7. The van der Waals surface area contributed by atoms with Crippen molar-refractivity contribution in [1.82, 2.24) is 15.0 Å². The van der Waals surface area contributed by atoms with E-state index in [1.54, 1.807) is 0 Å². The Balaban J connectivity index is 1.18. The molecule has 10 rings (SSSR count). The average Bonchev–Trinajstić information content (AvgIpc) is 3.77. The van der Waals surface area contributed by atoms with E-state index in [1.807, 2.05) is 59.9 Å². The predicted molar refractivity (Wildman–Crippen MR) is 207 cm³/mol. The maximum absolute atomic E-state index is 6.70. The molecule has 4 nitrogen and oxygen atoms in total. The third-order valence-corrected chi connectivity index (χ3v) is 10.5. The molecule has 0 saturated carbocycles. The normalized spacial score (nSPS) is 11.6. The molecule has 0 saturated heterocycles. The number of thiophene rings is 1. The summed E-state index contributed by atoms with van der Waals surface area (Å²) in [5.74, 6) is 1.79. The van der Waals surface area contributed by atoms with E-state index in [1.165, 1.54) is 25.7 Å². The monoisotopic (exact) mass is 657 g/mol. The Morgan fingerprint density at radius 3 is 1.70 bits per heavy atom. The molecule has 0 aliphatic heterocycles. The molecule has 0 aliphatic rings. The summed E-state index contributed by atoms with van der Waals surface area (Å²) in [4.78, 5) is 15.2. The molecule has 0 bridgehead atoms. The van der Waals surface area contributed by atoms with E-state index >= 15 is 0 Å². The molecule has 0 radical (unpaired) electrons. The first-order valence-electron chi connectivity index (χ1n) is 16.6. The minimum Gasteiger partial charge on any atom is -0.455 e. The van der Waals surface area contributed by atoms with E-state index in [-0.39, 0.29) is 0 Å². The van der Waals surface area contributed by atoms with Crippen molar-refractivity contribution in [2.24, 2.45) is 0 Å². The van der Waals surface area contributed by atoms with Crippen LogP contribution in [0.1, 0.15) is 0 Å². The largest absolute Gasteiger partial charge is 0.455 e. The van der Waals surface area contributed by atoms with Gasteiger partial charge in [0.1, 0.15) is 11.2 Å². The fourth-order valence-electron chi connectivity index (χ4n) is 6.92.